The third-order valence-corrected chi connectivity index (χ3v) is 3.08. The van der Waals surface area contributed by atoms with Gasteiger partial charge in [0, 0.05) is 12.4 Å². The van der Waals surface area contributed by atoms with E-state index in [1.807, 2.05) is 31.2 Å². The zero-order valence-corrected chi connectivity index (χ0v) is 10.5. The van der Waals surface area contributed by atoms with Crippen LogP contribution in [0.3, 0.4) is 0 Å². The second-order valence-electron chi connectivity index (χ2n) is 4.49. The van der Waals surface area contributed by atoms with Gasteiger partial charge in [-0.3, -0.25) is 4.68 Å². The number of fused-ring (bicyclic) bond motifs is 1. The number of rotatable bonds is 2. The zero-order valence-electron chi connectivity index (χ0n) is 10.5. The number of carboxylic acid groups (broad SMARTS) is 1. The van der Waals surface area contributed by atoms with Crippen LogP contribution in [0.15, 0.2) is 34.9 Å². The Morgan fingerprint density at radius 3 is 2.89 bits per heavy atom. The van der Waals surface area contributed by atoms with Crippen molar-refractivity contribution in [1.82, 2.24) is 9.78 Å². The minimum absolute atomic E-state index is 0.137. The lowest BCUT2D eigenvalue weighted by Crippen LogP contribution is -1.99. The Kier molecular flexibility index (Phi) is 2.41. The number of aryl methyl sites for hydroxylation is 2. The van der Waals surface area contributed by atoms with Crippen LogP contribution in [0.1, 0.15) is 15.9 Å². The molecule has 0 unspecified atom stereocenters. The van der Waals surface area contributed by atoms with Crippen molar-refractivity contribution < 1.29 is 14.3 Å². The van der Waals surface area contributed by atoms with E-state index < -0.39 is 5.97 Å². The summed E-state index contributed by atoms with van der Waals surface area (Å²) >= 11 is 0. The van der Waals surface area contributed by atoms with Crippen LogP contribution >= 0.6 is 0 Å². The number of aromatic nitrogens is 2. The van der Waals surface area contributed by atoms with Gasteiger partial charge in [-0.15, -0.1) is 0 Å². The average Bonchev–Trinajstić information content (AvgIpc) is 2.91. The first-order valence-electron chi connectivity index (χ1n) is 5.82. The van der Waals surface area contributed by atoms with Gasteiger partial charge in [0.25, 0.3) is 0 Å². The number of carboxylic acids is 1. The molecule has 0 saturated heterocycles. The highest BCUT2D eigenvalue weighted by molar-refractivity contribution is 5.95. The molecule has 0 atom stereocenters. The van der Waals surface area contributed by atoms with Crippen molar-refractivity contribution in [2.24, 2.45) is 7.05 Å². The standard InChI is InChI=1S/C14H12N2O3/c1-8-3-4-9-6-12(19-11(9)5-8)13-10(14(17)18)7-15-16(13)2/h3-7H,1-2H3,(H,17,18). The fourth-order valence-electron chi connectivity index (χ4n) is 2.14. The summed E-state index contributed by atoms with van der Waals surface area (Å²) in [5.74, 6) is -0.502. The Balaban J connectivity index is 2.24. The van der Waals surface area contributed by atoms with Crippen molar-refractivity contribution in [3.8, 4) is 11.5 Å². The first kappa shape index (κ1) is 11.5. The monoisotopic (exact) mass is 256 g/mol. The zero-order chi connectivity index (χ0) is 13.6. The Hall–Kier alpha value is -2.56. The predicted octanol–water partition coefficient (Wildman–Crippen LogP) is 2.84. The second kappa shape index (κ2) is 3.98. The van der Waals surface area contributed by atoms with E-state index in [4.69, 9.17) is 9.52 Å². The first-order valence-corrected chi connectivity index (χ1v) is 5.82. The minimum atomic E-state index is -1.01. The number of furan rings is 1. The molecule has 0 saturated carbocycles. The molecular formula is C14H12N2O3. The van der Waals surface area contributed by atoms with Crippen molar-refractivity contribution in [3.05, 3.63) is 41.6 Å². The molecule has 2 heterocycles. The number of carbonyl (C=O) groups is 1. The van der Waals surface area contributed by atoms with Crippen molar-refractivity contribution in [2.75, 3.05) is 0 Å². The summed E-state index contributed by atoms with van der Waals surface area (Å²) in [6.07, 6.45) is 1.33. The molecule has 0 fully saturated rings. The largest absolute Gasteiger partial charge is 0.478 e. The van der Waals surface area contributed by atoms with E-state index in [2.05, 4.69) is 5.10 Å². The molecular weight excluding hydrogens is 244 g/mol. The molecule has 0 aliphatic carbocycles. The number of benzene rings is 1. The van der Waals surface area contributed by atoms with Gasteiger partial charge in [0.05, 0.1) is 6.20 Å². The van der Waals surface area contributed by atoms with E-state index in [1.165, 1.54) is 10.9 Å². The van der Waals surface area contributed by atoms with Crippen LogP contribution in [0, 0.1) is 6.92 Å². The van der Waals surface area contributed by atoms with Crippen molar-refractivity contribution in [2.45, 2.75) is 6.92 Å². The summed E-state index contributed by atoms with van der Waals surface area (Å²) in [5.41, 5.74) is 2.45. The molecule has 0 aliphatic rings. The lowest BCUT2D eigenvalue weighted by atomic mass is 10.1. The highest BCUT2D eigenvalue weighted by Gasteiger charge is 2.19. The second-order valence-corrected chi connectivity index (χ2v) is 4.49. The van der Waals surface area contributed by atoms with E-state index in [-0.39, 0.29) is 5.56 Å². The molecule has 5 heteroatoms. The molecule has 1 N–H and O–H groups in total. The van der Waals surface area contributed by atoms with Gasteiger partial charge in [-0.1, -0.05) is 12.1 Å². The van der Waals surface area contributed by atoms with Gasteiger partial charge >= 0.3 is 5.97 Å². The summed E-state index contributed by atoms with van der Waals surface area (Å²) in [7, 11) is 1.69. The average molecular weight is 256 g/mol. The third-order valence-electron chi connectivity index (χ3n) is 3.08. The molecule has 3 aromatic rings. The highest BCUT2D eigenvalue weighted by atomic mass is 16.4. The lowest BCUT2D eigenvalue weighted by Gasteiger charge is -1.99. The fraction of sp³-hybridized carbons (Fsp3) is 0.143. The molecule has 0 aliphatic heterocycles. The molecule has 0 amide bonds. The maximum absolute atomic E-state index is 11.2. The van der Waals surface area contributed by atoms with Crippen molar-refractivity contribution in [3.63, 3.8) is 0 Å². The summed E-state index contributed by atoms with van der Waals surface area (Å²) < 4.78 is 7.25. The summed E-state index contributed by atoms with van der Waals surface area (Å²) in [4.78, 5) is 11.2. The summed E-state index contributed by atoms with van der Waals surface area (Å²) in [6, 6.07) is 7.70. The fourth-order valence-corrected chi connectivity index (χ4v) is 2.14. The van der Waals surface area contributed by atoms with Crippen molar-refractivity contribution in [1.29, 1.82) is 0 Å². The van der Waals surface area contributed by atoms with Gasteiger partial charge in [-0.2, -0.15) is 5.10 Å². The Morgan fingerprint density at radius 1 is 1.37 bits per heavy atom. The third kappa shape index (κ3) is 1.79. The van der Waals surface area contributed by atoms with Crippen LogP contribution in [-0.4, -0.2) is 20.9 Å². The molecule has 0 radical (unpaired) electrons. The van der Waals surface area contributed by atoms with Crippen LogP contribution in [-0.2, 0) is 7.05 Å². The van der Waals surface area contributed by atoms with Crippen LogP contribution < -0.4 is 0 Å². The minimum Gasteiger partial charge on any atom is -0.478 e. The first-order chi connectivity index (χ1) is 9.06. The Labute approximate surface area is 109 Å². The van der Waals surface area contributed by atoms with Gasteiger partial charge in [0.15, 0.2) is 5.76 Å². The van der Waals surface area contributed by atoms with E-state index in [9.17, 15) is 4.79 Å². The van der Waals surface area contributed by atoms with Crippen LogP contribution in [0.2, 0.25) is 0 Å². The maximum atomic E-state index is 11.2. The lowest BCUT2D eigenvalue weighted by molar-refractivity contribution is 0.0697. The van der Waals surface area contributed by atoms with Gasteiger partial charge in [0.2, 0.25) is 0 Å². The molecule has 96 valence electrons. The van der Waals surface area contributed by atoms with Crippen LogP contribution in [0.4, 0.5) is 0 Å². The topological polar surface area (TPSA) is 68.3 Å². The molecule has 5 nitrogen and oxygen atoms in total. The van der Waals surface area contributed by atoms with E-state index in [0.29, 0.717) is 11.5 Å². The summed E-state index contributed by atoms with van der Waals surface area (Å²) in [6.45, 7) is 1.98. The molecule has 2 aromatic heterocycles. The summed E-state index contributed by atoms with van der Waals surface area (Å²) in [5, 5.41) is 14.1. The molecule has 1 aromatic carbocycles. The Morgan fingerprint density at radius 2 is 2.16 bits per heavy atom. The van der Waals surface area contributed by atoms with Gasteiger partial charge in [-0.05, 0) is 24.6 Å². The van der Waals surface area contributed by atoms with E-state index in [0.717, 1.165) is 16.5 Å². The van der Waals surface area contributed by atoms with Crippen molar-refractivity contribution >= 4 is 16.9 Å². The predicted molar refractivity (Wildman–Crippen MR) is 70.1 cm³/mol. The molecule has 3 rings (SSSR count). The maximum Gasteiger partial charge on any atom is 0.339 e. The number of hydrogen-bond donors (Lipinski definition) is 1. The van der Waals surface area contributed by atoms with Gasteiger partial charge in [-0.25, -0.2) is 4.79 Å². The highest BCUT2D eigenvalue weighted by Crippen LogP contribution is 2.30. The van der Waals surface area contributed by atoms with E-state index >= 15 is 0 Å². The van der Waals surface area contributed by atoms with E-state index in [1.54, 1.807) is 7.05 Å². The van der Waals surface area contributed by atoms with Gasteiger partial charge < -0.3 is 9.52 Å². The quantitative estimate of drug-likeness (QED) is 0.765. The smallest absolute Gasteiger partial charge is 0.339 e. The number of nitrogens with zero attached hydrogens (tertiary/aromatic N) is 2. The van der Waals surface area contributed by atoms with Crippen LogP contribution in [0.25, 0.3) is 22.4 Å². The SMILES string of the molecule is Cc1ccc2cc(-c3c(C(=O)O)cnn3C)oc2c1. The van der Waals surface area contributed by atoms with Gasteiger partial charge in [0.1, 0.15) is 16.8 Å². The molecule has 19 heavy (non-hydrogen) atoms. The molecule has 0 spiro atoms. The number of hydrogen-bond acceptors (Lipinski definition) is 3. The normalized spacial score (nSPS) is 11.1. The Bertz CT molecular complexity index is 783. The molecule has 0 bridgehead atoms. The number of aromatic carboxylic acids is 1. The van der Waals surface area contributed by atoms with Crippen LogP contribution in [0.5, 0.6) is 0 Å².